The van der Waals surface area contributed by atoms with E-state index in [9.17, 15) is 4.79 Å². The van der Waals surface area contributed by atoms with Gasteiger partial charge >= 0.3 is 6.09 Å². The Morgan fingerprint density at radius 2 is 2.25 bits per heavy atom. The highest BCUT2D eigenvalue weighted by atomic mass is 79.9. The Kier molecular flexibility index (Phi) is 4.42. The molecule has 2 N–H and O–H groups in total. The Balaban J connectivity index is 1.83. The third kappa shape index (κ3) is 3.33. The van der Waals surface area contributed by atoms with Crippen molar-refractivity contribution in [2.75, 3.05) is 12.3 Å². The molecule has 0 radical (unpaired) electrons. The maximum Gasteiger partial charge on any atom is 0.410 e. The van der Waals surface area contributed by atoms with Crippen molar-refractivity contribution in [3.8, 4) is 0 Å². The molecule has 1 atom stereocenters. The van der Waals surface area contributed by atoms with Crippen LogP contribution < -0.4 is 5.73 Å². The number of nitrogen functional groups attached to an aromatic ring is 1. The molecule has 3 heterocycles. The van der Waals surface area contributed by atoms with Crippen LogP contribution in [-0.4, -0.2) is 43.5 Å². The number of imidazole rings is 1. The number of amides is 1. The van der Waals surface area contributed by atoms with Gasteiger partial charge in [-0.25, -0.2) is 14.8 Å². The Hall–Kier alpha value is -1.83. The van der Waals surface area contributed by atoms with Crippen LogP contribution in [0.25, 0.3) is 5.52 Å². The van der Waals surface area contributed by atoms with Gasteiger partial charge in [0.05, 0.1) is 0 Å². The summed E-state index contributed by atoms with van der Waals surface area (Å²) in [6, 6.07) is 0.0757. The van der Waals surface area contributed by atoms with E-state index in [2.05, 4.69) is 25.9 Å². The highest BCUT2D eigenvalue weighted by Crippen LogP contribution is 2.27. The average Bonchev–Trinajstić information content (AvgIpc) is 3.04. The zero-order valence-electron chi connectivity index (χ0n) is 14.1. The van der Waals surface area contributed by atoms with Gasteiger partial charge in [0.1, 0.15) is 21.5 Å². The monoisotopic (exact) mass is 395 g/mol. The number of nitrogens with zero attached hydrogens (tertiary/aromatic N) is 4. The second kappa shape index (κ2) is 6.23. The van der Waals surface area contributed by atoms with Crippen LogP contribution >= 0.6 is 15.9 Å². The molecule has 24 heavy (non-hydrogen) atoms. The maximum atomic E-state index is 12.4. The SMILES string of the molecule is CC(C)(C)OC(=O)N1CCC[C@H]1Cc1nc(Br)c2c(N)nccn12. The Bertz CT molecular complexity index is 768. The van der Waals surface area contributed by atoms with Crippen molar-refractivity contribution in [3.63, 3.8) is 0 Å². The minimum atomic E-state index is -0.493. The third-order valence-corrected chi connectivity index (χ3v) is 4.59. The van der Waals surface area contributed by atoms with Gasteiger partial charge in [0.25, 0.3) is 0 Å². The van der Waals surface area contributed by atoms with Crippen molar-refractivity contribution in [1.82, 2.24) is 19.3 Å². The number of hydrogen-bond donors (Lipinski definition) is 1. The average molecular weight is 396 g/mol. The first-order chi connectivity index (χ1) is 11.3. The minimum Gasteiger partial charge on any atom is -0.444 e. The normalized spacial score (nSPS) is 18.3. The van der Waals surface area contributed by atoms with E-state index in [0.717, 1.165) is 24.2 Å². The number of aromatic nitrogens is 3. The minimum absolute atomic E-state index is 0.0757. The lowest BCUT2D eigenvalue weighted by atomic mass is 10.1. The number of ether oxygens (including phenoxy) is 1. The van der Waals surface area contributed by atoms with Gasteiger partial charge in [-0.1, -0.05) is 0 Å². The number of carbonyl (C=O) groups is 1. The summed E-state index contributed by atoms with van der Waals surface area (Å²) in [6.07, 6.45) is 5.79. The van der Waals surface area contributed by atoms with Gasteiger partial charge in [0.2, 0.25) is 0 Å². The van der Waals surface area contributed by atoms with Crippen LogP contribution in [0.4, 0.5) is 10.6 Å². The summed E-state index contributed by atoms with van der Waals surface area (Å²) in [4.78, 5) is 22.9. The largest absolute Gasteiger partial charge is 0.444 e. The molecule has 0 saturated carbocycles. The number of anilines is 1. The van der Waals surface area contributed by atoms with E-state index in [0.29, 0.717) is 23.4 Å². The molecule has 1 fully saturated rings. The van der Waals surface area contributed by atoms with E-state index >= 15 is 0 Å². The zero-order valence-corrected chi connectivity index (χ0v) is 15.7. The summed E-state index contributed by atoms with van der Waals surface area (Å²) in [5.41, 5.74) is 6.20. The molecule has 2 aromatic rings. The van der Waals surface area contributed by atoms with Crippen LogP contribution in [0.2, 0.25) is 0 Å². The van der Waals surface area contributed by atoms with Crippen molar-refractivity contribution in [2.24, 2.45) is 0 Å². The van der Waals surface area contributed by atoms with E-state index in [1.54, 1.807) is 6.20 Å². The van der Waals surface area contributed by atoms with Crippen LogP contribution in [-0.2, 0) is 11.2 Å². The maximum absolute atomic E-state index is 12.4. The van der Waals surface area contributed by atoms with Gasteiger partial charge in [0.15, 0.2) is 5.82 Å². The fraction of sp³-hybridized carbons (Fsp3) is 0.562. The lowest BCUT2D eigenvalue weighted by Crippen LogP contribution is -2.40. The molecular weight excluding hydrogens is 374 g/mol. The third-order valence-electron chi connectivity index (χ3n) is 4.04. The summed E-state index contributed by atoms with van der Waals surface area (Å²) in [5, 5.41) is 0. The first-order valence-electron chi connectivity index (χ1n) is 8.03. The van der Waals surface area contributed by atoms with Crippen LogP contribution in [0.1, 0.15) is 39.4 Å². The summed E-state index contributed by atoms with van der Waals surface area (Å²) >= 11 is 3.44. The van der Waals surface area contributed by atoms with Crippen molar-refractivity contribution >= 4 is 33.4 Å². The molecule has 0 spiro atoms. The van der Waals surface area contributed by atoms with Gasteiger partial charge in [-0.2, -0.15) is 0 Å². The van der Waals surface area contributed by atoms with Crippen molar-refractivity contribution in [2.45, 2.75) is 51.7 Å². The topological polar surface area (TPSA) is 85.8 Å². The molecule has 2 aromatic heterocycles. The number of nitrogens with two attached hydrogens (primary N) is 1. The molecule has 130 valence electrons. The second-order valence-corrected chi connectivity index (χ2v) is 7.77. The van der Waals surface area contributed by atoms with Crippen LogP contribution in [0.3, 0.4) is 0 Å². The Morgan fingerprint density at radius 1 is 1.50 bits per heavy atom. The smallest absolute Gasteiger partial charge is 0.410 e. The first kappa shape index (κ1) is 17.0. The Morgan fingerprint density at radius 3 is 2.96 bits per heavy atom. The number of rotatable bonds is 2. The number of halogens is 1. The molecular formula is C16H22BrN5O2. The highest BCUT2D eigenvalue weighted by molar-refractivity contribution is 9.10. The first-order valence-corrected chi connectivity index (χ1v) is 8.82. The quantitative estimate of drug-likeness (QED) is 0.844. The molecule has 1 aliphatic heterocycles. The molecule has 1 saturated heterocycles. The summed E-state index contributed by atoms with van der Waals surface area (Å²) in [7, 11) is 0. The number of fused-ring (bicyclic) bond motifs is 1. The van der Waals surface area contributed by atoms with Crippen LogP contribution in [0, 0.1) is 0 Å². The fourth-order valence-corrected chi connectivity index (χ4v) is 3.64. The van der Waals surface area contributed by atoms with Gasteiger partial charge in [-0.05, 0) is 49.5 Å². The molecule has 7 nitrogen and oxygen atoms in total. The summed E-state index contributed by atoms with van der Waals surface area (Å²) in [6.45, 7) is 6.36. The van der Waals surface area contributed by atoms with Gasteiger partial charge in [-0.3, -0.25) is 4.40 Å². The molecule has 0 unspecified atom stereocenters. The van der Waals surface area contributed by atoms with Crippen molar-refractivity contribution < 1.29 is 9.53 Å². The predicted octanol–water partition coefficient (Wildman–Crippen LogP) is 3.02. The second-order valence-electron chi connectivity index (χ2n) is 7.02. The predicted molar refractivity (Wildman–Crippen MR) is 94.8 cm³/mol. The lowest BCUT2D eigenvalue weighted by Gasteiger charge is -2.28. The fourth-order valence-electron chi connectivity index (χ4n) is 3.04. The number of likely N-dealkylation sites (tertiary alicyclic amines) is 1. The molecule has 1 amide bonds. The molecule has 1 aliphatic rings. The summed E-state index contributed by atoms with van der Waals surface area (Å²) in [5.74, 6) is 1.28. The number of hydrogen-bond acceptors (Lipinski definition) is 5. The standard InChI is InChI=1S/C16H22BrN5O2/c1-16(2,3)24-15(23)21-7-4-5-10(21)9-11-20-13(17)12-14(18)19-6-8-22(11)12/h6,8,10H,4-5,7,9H2,1-3H3,(H2,18,19)/t10-/m0/s1. The van der Waals surface area contributed by atoms with Crippen LogP contribution in [0.15, 0.2) is 17.0 Å². The Labute approximate surface area is 149 Å². The van der Waals surface area contributed by atoms with Crippen molar-refractivity contribution in [1.29, 1.82) is 0 Å². The van der Waals surface area contributed by atoms with E-state index < -0.39 is 5.60 Å². The zero-order chi connectivity index (χ0) is 17.5. The van der Waals surface area contributed by atoms with E-state index in [1.807, 2.05) is 36.3 Å². The highest BCUT2D eigenvalue weighted by Gasteiger charge is 2.33. The molecule has 3 rings (SSSR count). The lowest BCUT2D eigenvalue weighted by molar-refractivity contribution is 0.0225. The molecule has 0 aromatic carbocycles. The number of carbonyl (C=O) groups excluding carboxylic acids is 1. The molecule has 0 aliphatic carbocycles. The molecule has 0 bridgehead atoms. The van der Waals surface area contributed by atoms with Gasteiger partial charge in [-0.15, -0.1) is 0 Å². The van der Waals surface area contributed by atoms with Gasteiger partial charge in [0, 0.05) is 31.4 Å². The van der Waals surface area contributed by atoms with Crippen LogP contribution in [0.5, 0.6) is 0 Å². The van der Waals surface area contributed by atoms with E-state index in [-0.39, 0.29) is 12.1 Å². The molecule has 8 heteroatoms. The van der Waals surface area contributed by atoms with Crippen molar-refractivity contribution in [3.05, 3.63) is 22.8 Å². The summed E-state index contributed by atoms with van der Waals surface area (Å²) < 4.78 is 8.12. The van der Waals surface area contributed by atoms with E-state index in [1.165, 1.54) is 0 Å². The van der Waals surface area contributed by atoms with Gasteiger partial charge < -0.3 is 15.4 Å². The van der Waals surface area contributed by atoms with E-state index in [4.69, 9.17) is 10.5 Å².